The number of rotatable bonds is 11. The number of hydrogen-bond acceptors (Lipinski definition) is 3. The third-order valence-electron chi connectivity index (χ3n) is 3.18. The van der Waals surface area contributed by atoms with E-state index in [1.807, 2.05) is 0 Å². The Labute approximate surface area is 101 Å². The van der Waals surface area contributed by atoms with E-state index in [0.29, 0.717) is 26.4 Å². The van der Waals surface area contributed by atoms with Crippen molar-refractivity contribution in [3.05, 3.63) is 0 Å². The maximum Gasteiger partial charge on any atom is 0.157 e. The standard InChI is InChI=1S/C12H28O3P/c1-5-16(6-2,7-3)12-15-11-10-14-9-8-13-4/h5-12H2,1-4H3/q+1. The first-order chi connectivity index (χ1) is 7.74. The van der Waals surface area contributed by atoms with Crippen LogP contribution in [0.3, 0.4) is 0 Å². The molecule has 0 aromatic rings. The molecule has 16 heavy (non-hydrogen) atoms. The van der Waals surface area contributed by atoms with Gasteiger partial charge in [0.2, 0.25) is 0 Å². The van der Waals surface area contributed by atoms with Crippen molar-refractivity contribution in [2.24, 2.45) is 0 Å². The molecule has 0 aliphatic rings. The molecule has 0 aromatic heterocycles. The van der Waals surface area contributed by atoms with Crippen molar-refractivity contribution in [1.82, 2.24) is 0 Å². The van der Waals surface area contributed by atoms with Gasteiger partial charge in [-0.15, -0.1) is 0 Å². The van der Waals surface area contributed by atoms with E-state index in [1.165, 1.54) is 18.5 Å². The zero-order valence-electron chi connectivity index (χ0n) is 11.3. The van der Waals surface area contributed by atoms with Crippen molar-refractivity contribution in [1.29, 1.82) is 0 Å². The van der Waals surface area contributed by atoms with Gasteiger partial charge in [0.1, 0.15) is 0 Å². The average molecular weight is 251 g/mol. The molecule has 0 atom stereocenters. The SMILES string of the molecule is CC[P+](CC)(CC)COCCOCCOC. The molecule has 0 heterocycles. The summed E-state index contributed by atoms with van der Waals surface area (Å²) in [5, 5.41) is 0. The summed E-state index contributed by atoms with van der Waals surface area (Å²) >= 11 is 0. The summed E-state index contributed by atoms with van der Waals surface area (Å²) in [4.78, 5) is 0. The second-order valence-corrected chi connectivity index (χ2v) is 8.77. The van der Waals surface area contributed by atoms with Crippen molar-refractivity contribution in [3.8, 4) is 0 Å². The van der Waals surface area contributed by atoms with Crippen LogP contribution in [0.5, 0.6) is 0 Å². The van der Waals surface area contributed by atoms with Crippen LogP contribution in [0, 0.1) is 0 Å². The minimum atomic E-state index is -0.803. The van der Waals surface area contributed by atoms with E-state index in [2.05, 4.69) is 20.8 Å². The van der Waals surface area contributed by atoms with Crippen LogP contribution in [-0.2, 0) is 14.2 Å². The molecule has 98 valence electrons. The van der Waals surface area contributed by atoms with Crippen LogP contribution in [0.25, 0.3) is 0 Å². The monoisotopic (exact) mass is 251 g/mol. The molecular weight excluding hydrogens is 223 g/mol. The highest BCUT2D eigenvalue weighted by atomic mass is 31.2. The number of ether oxygens (including phenoxy) is 3. The van der Waals surface area contributed by atoms with E-state index in [0.717, 1.165) is 6.35 Å². The van der Waals surface area contributed by atoms with Gasteiger partial charge in [-0.2, -0.15) is 0 Å². The summed E-state index contributed by atoms with van der Waals surface area (Å²) in [5.74, 6) is 0. The largest absolute Gasteiger partial charge is 0.382 e. The lowest BCUT2D eigenvalue weighted by atomic mass is 10.7. The van der Waals surface area contributed by atoms with Gasteiger partial charge in [0, 0.05) is 14.4 Å². The van der Waals surface area contributed by atoms with Gasteiger partial charge in [-0.1, -0.05) is 0 Å². The summed E-state index contributed by atoms with van der Waals surface area (Å²) in [6.07, 6.45) is 4.85. The highest BCUT2D eigenvalue weighted by molar-refractivity contribution is 7.75. The summed E-state index contributed by atoms with van der Waals surface area (Å²) in [7, 11) is 0.880. The summed E-state index contributed by atoms with van der Waals surface area (Å²) in [6.45, 7) is 9.59. The minimum absolute atomic E-state index is 0.662. The van der Waals surface area contributed by atoms with Gasteiger partial charge in [0.05, 0.1) is 44.9 Å². The van der Waals surface area contributed by atoms with Crippen LogP contribution >= 0.6 is 7.26 Å². The normalized spacial score (nSPS) is 12.0. The predicted molar refractivity (Wildman–Crippen MR) is 72.1 cm³/mol. The quantitative estimate of drug-likeness (QED) is 0.417. The van der Waals surface area contributed by atoms with Crippen LogP contribution in [0.4, 0.5) is 0 Å². The fourth-order valence-corrected chi connectivity index (χ4v) is 3.97. The predicted octanol–water partition coefficient (Wildman–Crippen LogP) is 2.70. The molecule has 0 bridgehead atoms. The fourth-order valence-electron chi connectivity index (χ4n) is 1.57. The Balaban J connectivity index is 3.48. The van der Waals surface area contributed by atoms with Crippen LogP contribution in [-0.4, -0.2) is 58.4 Å². The van der Waals surface area contributed by atoms with Crippen LogP contribution in [0.2, 0.25) is 0 Å². The zero-order valence-corrected chi connectivity index (χ0v) is 12.2. The third-order valence-corrected chi connectivity index (χ3v) is 7.94. The summed E-state index contributed by atoms with van der Waals surface area (Å²) < 4.78 is 16.0. The molecule has 0 fully saturated rings. The number of methoxy groups -OCH3 is 1. The van der Waals surface area contributed by atoms with Crippen LogP contribution in [0.1, 0.15) is 20.8 Å². The van der Waals surface area contributed by atoms with Gasteiger partial charge in [-0.25, -0.2) is 0 Å². The minimum Gasteiger partial charge on any atom is -0.382 e. The van der Waals surface area contributed by atoms with E-state index < -0.39 is 7.26 Å². The molecule has 0 amide bonds. The van der Waals surface area contributed by atoms with Gasteiger partial charge >= 0.3 is 0 Å². The Morgan fingerprint density at radius 1 is 0.750 bits per heavy atom. The molecule has 0 unspecified atom stereocenters. The van der Waals surface area contributed by atoms with Crippen molar-refractivity contribution in [2.75, 3.05) is 58.4 Å². The van der Waals surface area contributed by atoms with Gasteiger partial charge in [-0.05, 0) is 20.8 Å². The van der Waals surface area contributed by atoms with E-state index in [4.69, 9.17) is 14.2 Å². The number of hydrogen-bond donors (Lipinski definition) is 0. The Bertz CT molecular complexity index is 141. The molecule has 0 spiro atoms. The first-order valence-electron chi connectivity index (χ1n) is 6.24. The van der Waals surface area contributed by atoms with E-state index in [9.17, 15) is 0 Å². The van der Waals surface area contributed by atoms with E-state index >= 15 is 0 Å². The molecule has 0 N–H and O–H groups in total. The highest BCUT2D eigenvalue weighted by Gasteiger charge is 2.31. The maximum absolute atomic E-state index is 5.74. The maximum atomic E-state index is 5.74. The van der Waals surface area contributed by atoms with E-state index in [-0.39, 0.29) is 0 Å². The first-order valence-corrected chi connectivity index (χ1v) is 8.77. The Morgan fingerprint density at radius 2 is 1.25 bits per heavy atom. The molecule has 0 saturated carbocycles. The Morgan fingerprint density at radius 3 is 1.75 bits per heavy atom. The molecule has 0 aliphatic heterocycles. The topological polar surface area (TPSA) is 27.7 Å². The summed E-state index contributed by atoms with van der Waals surface area (Å²) in [5.41, 5.74) is 0. The summed E-state index contributed by atoms with van der Waals surface area (Å²) in [6, 6.07) is 0. The average Bonchev–Trinajstić information content (AvgIpc) is 2.34. The smallest absolute Gasteiger partial charge is 0.157 e. The highest BCUT2D eigenvalue weighted by Crippen LogP contribution is 2.57. The third kappa shape index (κ3) is 6.80. The molecule has 0 radical (unpaired) electrons. The van der Waals surface area contributed by atoms with Crippen LogP contribution in [0.15, 0.2) is 0 Å². The van der Waals surface area contributed by atoms with Crippen molar-refractivity contribution in [3.63, 3.8) is 0 Å². The zero-order chi connectivity index (χ0) is 12.3. The Kier molecular flexibility index (Phi) is 10.7. The second kappa shape index (κ2) is 10.5. The molecule has 0 aromatic carbocycles. The van der Waals surface area contributed by atoms with Gasteiger partial charge in [0.25, 0.3) is 0 Å². The van der Waals surface area contributed by atoms with Crippen molar-refractivity contribution in [2.45, 2.75) is 20.8 Å². The molecule has 3 nitrogen and oxygen atoms in total. The van der Waals surface area contributed by atoms with E-state index in [1.54, 1.807) is 7.11 Å². The molecule has 0 rings (SSSR count). The molecular formula is C12H28O3P+. The van der Waals surface area contributed by atoms with Gasteiger partial charge < -0.3 is 14.2 Å². The molecule has 0 saturated heterocycles. The lowest BCUT2D eigenvalue weighted by Gasteiger charge is -2.22. The van der Waals surface area contributed by atoms with Gasteiger partial charge in [0.15, 0.2) is 6.35 Å². The first kappa shape index (κ1) is 16.3. The molecule has 4 heteroatoms. The Hall–Kier alpha value is 0.310. The lowest BCUT2D eigenvalue weighted by Crippen LogP contribution is -2.13. The molecule has 0 aliphatic carbocycles. The lowest BCUT2D eigenvalue weighted by molar-refractivity contribution is 0.0347. The second-order valence-electron chi connectivity index (χ2n) is 3.93. The fraction of sp³-hybridized carbons (Fsp3) is 1.00. The van der Waals surface area contributed by atoms with Crippen molar-refractivity contribution < 1.29 is 14.2 Å². The van der Waals surface area contributed by atoms with Crippen molar-refractivity contribution >= 4 is 7.26 Å². The van der Waals surface area contributed by atoms with Gasteiger partial charge in [-0.3, -0.25) is 0 Å². The van der Waals surface area contributed by atoms with Crippen LogP contribution < -0.4 is 0 Å².